The molecule has 0 spiro atoms. The van der Waals surface area contributed by atoms with Crippen molar-refractivity contribution >= 4 is 21.6 Å². The van der Waals surface area contributed by atoms with Crippen LogP contribution in [0.15, 0.2) is 54.6 Å². The molecule has 0 saturated carbocycles. The van der Waals surface area contributed by atoms with Gasteiger partial charge in [0.25, 0.3) is 0 Å². The summed E-state index contributed by atoms with van der Waals surface area (Å²) in [6.07, 6.45) is 1.12. The van der Waals surface area contributed by atoms with Crippen LogP contribution < -0.4 is 9.62 Å². The Morgan fingerprint density at radius 2 is 1.73 bits per heavy atom. The SMILES string of the molecule is Cc1ccccc1N(CC(=O)NCC(c1ccccc1)N1CCOCC1)S(C)(=O)=O. The van der Waals surface area contributed by atoms with Crippen molar-refractivity contribution in [1.29, 1.82) is 0 Å². The summed E-state index contributed by atoms with van der Waals surface area (Å²) in [5.74, 6) is -0.335. The highest BCUT2D eigenvalue weighted by atomic mass is 32.2. The Morgan fingerprint density at radius 1 is 1.10 bits per heavy atom. The third-order valence-electron chi connectivity index (χ3n) is 5.24. The lowest BCUT2D eigenvalue weighted by Crippen LogP contribution is -2.46. The number of sulfonamides is 1. The van der Waals surface area contributed by atoms with Gasteiger partial charge in [0.15, 0.2) is 0 Å². The van der Waals surface area contributed by atoms with Gasteiger partial charge < -0.3 is 10.1 Å². The van der Waals surface area contributed by atoms with Crippen LogP contribution in [-0.2, 0) is 19.6 Å². The van der Waals surface area contributed by atoms with E-state index in [1.807, 2.05) is 49.4 Å². The van der Waals surface area contributed by atoms with E-state index >= 15 is 0 Å². The molecule has 0 radical (unpaired) electrons. The molecular formula is C22H29N3O4S. The Kier molecular flexibility index (Phi) is 7.47. The van der Waals surface area contributed by atoms with Crippen LogP contribution in [0.5, 0.6) is 0 Å². The number of hydrogen-bond donors (Lipinski definition) is 1. The van der Waals surface area contributed by atoms with Crippen molar-refractivity contribution in [2.75, 3.05) is 50.0 Å². The number of hydrogen-bond acceptors (Lipinski definition) is 5. The van der Waals surface area contributed by atoms with Crippen LogP contribution in [-0.4, -0.2) is 64.9 Å². The quantitative estimate of drug-likeness (QED) is 0.691. The summed E-state index contributed by atoms with van der Waals surface area (Å²) in [4.78, 5) is 15.0. The number of rotatable bonds is 8. The zero-order chi connectivity index (χ0) is 21.6. The van der Waals surface area contributed by atoms with Crippen LogP contribution in [0, 0.1) is 6.92 Å². The normalized spacial score (nSPS) is 16.1. The Bertz CT molecular complexity index is 944. The molecule has 1 atom stereocenters. The lowest BCUT2D eigenvalue weighted by molar-refractivity contribution is -0.120. The minimum Gasteiger partial charge on any atom is -0.379 e. The first-order valence-corrected chi connectivity index (χ1v) is 11.9. The first-order valence-electron chi connectivity index (χ1n) is 10.0. The second-order valence-corrected chi connectivity index (χ2v) is 9.34. The fourth-order valence-electron chi connectivity index (χ4n) is 3.64. The molecule has 1 fully saturated rings. The van der Waals surface area contributed by atoms with Crippen LogP contribution in [0.4, 0.5) is 5.69 Å². The molecule has 1 unspecified atom stereocenters. The van der Waals surface area contributed by atoms with Gasteiger partial charge in [-0.15, -0.1) is 0 Å². The van der Waals surface area contributed by atoms with Gasteiger partial charge in [0.1, 0.15) is 6.54 Å². The molecule has 8 heteroatoms. The number of amides is 1. The van der Waals surface area contributed by atoms with Crippen molar-refractivity contribution in [1.82, 2.24) is 10.2 Å². The molecule has 2 aromatic carbocycles. The molecule has 0 bridgehead atoms. The van der Waals surface area contributed by atoms with Crippen molar-refractivity contribution in [3.63, 3.8) is 0 Å². The Hall–Kier alpha value is -2.42. The molecule has 1 heterocycles. The zero-order valence-electron chi connectivity index (χ0n) is 17.5. The summed E-state index contributed by atoms with van der Waals surface area (Å²) >= 11 is 0. The standard InChI is InChI=1S/C22H29N3O4S/c1-18-8-6-7-11-20(18)25(30(2,27)28)17-22(26)23-16-21(19-9-4-3-5-10-19)24-12-14-29-15-13-24/h3-11,21H,12-17H2,1-2H3,(H,23,26). The molecule has 162 valence electrons. The van der Waals surface area contributed by atoms with Gasteiger partial charge in [-0.3, -0.25) is 14.0 Å². The number of para-hydroxylation sites is 1. The predicted molar refractivity (Wildman–Crippen MR) is 118 cm³/mol. The van der Waals surface area contributed by atoms with Crippen LogP contribution >= 0.6 is 0 Å². The Balaban J connectivity index is 1.72. The second kappa shape index (κ2) is 10.1. The van der Waals surface area contributed by atoms with Crippen molar-refractivity contribution in [3.8, 4) is 0 Å². The van der Waals surface area contributed by atoms with Crippen molar-refractivity contribution in [2.24, 2.45) is 0 Å². The van der Waals surface area contributed by atoms with E-state index in [2.05, 4.69) is 10.2 Å². The molecule has 7 nitrogen and oxygen atoms in total. The van der Waals surface area contributed by atoms with Crippen LogP contribution in [0.2, 0.25) is 0 Å². The van der Waals surface area contributed by atoms with Crippen molar-refractivity contribution in [2.45, 2.75) is 13.0 Å². The summed E-state index contributed by atoms with van der Waals surface area (Å²) in [5.41, 5.74) is 2.42. The average molecular weight is 432 g/mol. The zero-order valence-corrected chi connectivity index (χ0v) is 18.3. The van der Waals surface area contributed by atoms with Gasteiger partial charge in [0.05, 0.1) is 31.2 Å². The van der Waals surface area contributed by atoms with Gasteiger partial charge in [-0.2, -0.15) is 0 Å². The van der Waals surface area contributed by atoms with E-state index < -0.39 is 10.0 Å². The number of carbonyl (C=O) groups is 1. The monoisotopic (exact) mass is 431 g/mol. The number of nitrogens with zero attached hydrogens (tertiary/aromatic N) is 2. The highest BCUT2D eigenvalue weighted by Gasteiger charge is 2.25. The number of carbonyl (C=O) groups excluding carboxylic acids is 1. The van der Waals surface area contributed by atoms with Gasteiger partial charge in [0, 0.05) is 19.6 Å². The number of benzene rings is 2. The molecule has 30 heavy (non-hydrogen) atoms. The minimum atomic E-state index is -3.60. The van der Waals surface area contributed by atoms with E-state index in [0.717, 1.165) is 34.8 Å². The van der Waals surface area contributed by atoms with Crippen LogP contribution in [0.1, 0.15) is 17.2 Å². The number of anilines is 1. The van der Waals surface area contributed by atoms with Crippen molar-refractivity contribution < 1.29 is 17.9 Å². The van der Waals surface area contributed by atoms with E-state index in [1.165, 1.54) is 0 Å². The smallest absolute Gasteiger partial charge is 0.240 e. The van der Waals surface area contributed by atoms with E-state index in [1.54, 1.807) is 12.1 Å². The molecule has 0 aliphatic carbocycles. The number of morpholine rings is 1. The highest BCUT2D eigenvalue weighted by molar-refractivity contribution is 7.92. The topological polar surface area (TPSA) is 79.0 Å². The Labute approximate surface area is 178 Å². The largest absolute Gasteiger partial charge is 0.379 e. The fourth-order valence-corrected chi connectivity index (χ4v) is 4.56. The van der Waals surface area contributed by atoms with E-state index in [-0.39, 0.29) is 18.5 Å². The Morgan fingerprint density at radius 3 is 2.37 bits per heavy atom. The number of nitrogens with one attached hydrogen (secondary N) is 1. The molecule has 1 aliphatic heterocycles. The third-order valence-corrected chi connectivity index (χ3v) is 6.36. The van der Waals surface area contributed by atoms with Crippen LogP contribution in [0.3, 0.4) is 0 Å². The molecule has 1 N–H and O–H groups in total. The predicted octanol–water partition coefficient (Wildman–Crippen LogP) is 1.95. The fraction of sp³-hybridized carbons (Fsp3) is 0.409. The summed E-state index contributed by atoms with van der Waals surface area (Å²) < 4.78 is 31.3. The molecular weight excluding hydrogens is 402 g/mol. The summed E-state index contributed by atoms with van der Waals surface area (Å²) in [6.45, 7) is 4.86. The van der Waals surface area contributed by atoms with E-state index in [0.29, 0.717) is 25.4 Å². The molecule has 1 aliphatic rings. The van der Waals surface area contributed by atoms with E-state index in [9.17, 15) is 13.2 Å². The lowest BCUT2D eigenvalue weighted by Gasteiger charge is -2.35. The average Bonchev–Trinajstić information content (AvgIpc) is 2.74. The summed E-state index contributed by atoms with van der Waals surface area (Å²) in [6, 6.07) is 17.2. The van der Waals surface area contributed by atoms with E-state index in [4.69, 9.17) is 4.74 Å². The molecule has 0 aromatic heterocycles. The maximum Gasteiger partial charge on any atom is 0.240 e. The van der Waals surface area contributed by atoms with Crippen molar-refractivity contribution in [3.05, 3.63) is 65.7 Å². The van der Waals surface area contributed by atoms with Gasteiger partial charge in [-0.05, 0) is 24.1 Å². The maximum atomic E-state index is 12.7. The summed E-state index contributed by atoms with van der Waals surface area (Å²) in [5, 5.41) is 2.94. The second-order valence-electron chi connectivity index (χ2n) is 7.44. The van der Waals surface area contributed by atoms with Gasteiger partial charge in [-0.25, -0.2) is 8.42 Å². The minimum absolute atomic E-state index is 0.00388. The lowest BCUT2D eigenvalue weighted by atomic mass is 10.0. The first-order chi connectivity index (χ1) is 14.4. The number of aryl methyl sites for hydroxylation is 1. The summed E-state index contributed by atoms with van der Waals surface area (Å²) in [7, 11) is -3.60. The molecule has 1 saturated heterocycles. The molecule has 2 aromatic rings. The highest BCUT2D eigenvalue weighted by Crippen LogP contribution is 2.23. The molecule has 1 amide bonds. The van der Waals surface area contributed by atoms with Crippen LogP contribution in [0.25, 0.3) is 0 Å². The van der Waals surface area contributed by atoms with Gasteiger partial charge in [-0.1, -0.05) is 48.5 Å². The molecule has 3 rings (SSSR count). The third kappa shape index (κ3) is 5.81. The maximum absolute atomic E-state index is 12.7. The number of ether oxygens (including phenoxy) is 1. The van der Waals surface area contributed by atoms with Gasteiger partial charge >= 0.3 is 0 Å². The van der Waals surface area contributed by atoms with Gasteiger partial charge in [0.2, 0.25) is 15.9 Å². The first kappa shape index (κ1) is 22.3.